The maximum absolute atomic E-state index is 11.8. The van der Waals surface area contributed by atoms with Crippen LogP contribution in [0.5, 0.6) is 0 Å². The average Bonchev–Trinajstić information content (AvgIpc) is 2.75. The van der Waals surface area contributed by atoms with E-state index >= 15 is 0 Å². The molecule has 0 fully saturated rings. The summed E-state index contributed by atoms with van der Waals surface area (Å²) in [7, 11) is 5.64. The van der Waals surface area contributed by atoms with Gasteiger partial charge in [-0.25, -0.2) is 10.3 Å². The Morgan fingerprint density at radius 3 is 2.16 bits per heavy atom. The summed E-state index contributed by atoms with van der Waals surface area (Å²) in [5, 5.41) is 10.5. The average molecular weight is 429 g/mol. The van der Waals surface area contributed by atoms with E-state index in [1.54, 1.807) is 13.8 Å². The van der Waals surface area contributed by atoms with Crippen LogP contribution in [0.25, 0.3) is 11.1 Å². The molecular weight excluding hydrogens is 392 g/mol. The molecule has 2 aromatic rings. The smallest absolute Gasteiger partial charge is 0.243 e. The zero-order valence-electron chi connectivity index (χ0n) is 19.4. The maximum atomic E-state index is 11.8. The lowest BCUT2D eigenvalue weighted by Crippen LogP contribution is -2.37. The third-order valence-corrected chi connectivity index (χ3v) is 5.12. The van der Waals surface area contributed by atoms with Crippen LogP contribution in [0.4, 0.5) is 0 Å². The number of hydroxylamine groups is 1. The number of aliphatic hydroxyl groups excluding tert-OH is 1. The number of ether oxygens (including phenoxy) is 1. The summed E-state index contributed by atoms with van der Waals surface area (Å²) >= 11 is 0. The molecule has 6 heteroatoms. The molecule has 2 N–H and O–H groups in total. The quantitative estimate of drug-likeness (QED) is 0.297. The van der Waals surface area contributed by atoms with Crippen LogP contribution in [0.3, 0.4) is 0 Å². The highest BCUT2D eigenvalue weighted by Crippen LogP contribution is 2.25. The molecule has 0 unspecified atom stereocenters. The van der Waals surface area contributed by atoms with Crippen molar-refractivity contribution in [2.45, 2.75) is 58.0 Å². The van der Waals surface area contributed by atoms with Crippen LogP contribution in [-0.2, 0) is 20.9 Å². The molecule has 0 saturated carbocycles. The summed E-state index contributed by atoms with van der Waals surface area (Å²) in [6, 6.07) is 16.6. The molecule has 0 spiro atoms. The second kappa shape index (κ2) is 12.0. The topological polar surface area (TPSA) is 71.0 Å². The Morgan fingerprint density at radius 1 is 1.03 bits per heavy atom. The summed E-state index contributed by atoms with van der Waals surface area (Å²) in [4.78, 5) is 19.1. The van der Waals surface area contributed by atoms with E-state index in [2.05, 4.69) is 48.7 Å². The Morgan fingerprint density at radius 2 is 1.61 bits per heavy atom. The Balaban J connectivity index is 1.76. The van der Waals surface area contributed by atoms with Gasteiger partial charge >= 0.3 is 0 Å². The van der Waals surface area contributed by atoms with Crippen molar-refractivity contribution in [2.75, 3.05) is 21.2 Å². The van der Waals surface area contributed by atoms with Crippen molar-refractivity contribution in [3.05, 3.63) is 59.7 Å². The van der Waals surface area contributed by atoms with Crippen molar-refractivity contribution >= 4 is 5.91 Å². The van der Waals surface area contributed by atoms with Crippen molar-refractivity contribution in [1.82, 2.24) is 10.4 Å². The number of unbranched alkanes of at least 4 members (excludes halogenated alkanes) is 1. The molecule has 2 rings (SSSR count). The molecule has 0 aliphatic rings. The van der Waals surface area contributed by atoms with Gasteiger partial charge in [0.1, 0.15) is 0 Å². The van der Waals surface area contributed by atoms with Gasteiger partial charge in [0.25, 0.3) is 0 Å². The number of carbonyl (C=O) groups is 1. The zero-order valence-corrected chi connectivity index (χ0v) is 19.4. The van der Waals surface area contributed by atoms with Gasteiger partial charge in [-0.3, -0.25) is 4.79 Å². The first-order valence-corrected chi connectivity index (χ1v) is 10.7. The molecule has 0 aromatic heterocycles. The first kappa shape index (κ1) is 25.0. The number of hydrogen-bond acceptors (Lipinski definition) is 5. The molecule has 6 nitrogen and oxygen atoms in total. The Labute approximate surface area is 186 Å². The number of methoxy groups -OCH3 is 1. The summed E-state index contributed by atoms with van der Waals surface area (Å²) in [5.74, 6) is -1.05. The number of rotatable bonds is 12. The van der Waals surface area contributed by atoms with Crippen molar-refractivity contribution in [3.63, 3.8) is 0 Å². The monoisotopic (exact) mass is 428 g/mol. The minimum absolute atomic E-state index is 0.194. The van der Waals surface area contributed by atoms with Gasteiger partial charge in [0.15, 0.2) is 5.79 Å². The van der Waals surface area contributed by atoms with E-state index in [-0.39, 0.29) is 5.91 Å². The fraction of sp³-hybridized carbons (Fsp3) is 0.480. The van der Waals surface area contributed by atoms with Crippen molar-refractivity contribution < 1.29 is 19.5 Å². The second-order valence-electron chi connectivity index (χ2n) is 8.55. The van der Waals surface area contributed by atoms with Gasteiger partial charge in [-0.2, -0.15) is 0 Å². The third-order valence-electron chi connectivity index (χ3n) is 5.12. The van der Waals surface area contributed by atoms with Gasteiger partial charge in [-0.05, 0) is 63.0 Å². The maximum Gasteiger partial charge on any atom is 0.243 e. The summed E-state index contributed by atoms with van der Waals surface area (Å²) < 4.78 is 5.08. The number of amides is 1. The zero-order chi connectivity index (χ0) is 22.9. The highest BCUT2D eigenvalue weighted by molar-refractivity contribution is 5.74. The number of carbonyl (C=O) groups excluding carboxylic acids is 1. The number of hydrogen-bond donors (Lipinski definition) is 2. The van der Waals surface area contributed by atoms with Crippen LogP contribution in [0, 0.1) is 0 Å². The number of nitrogens with zero attached hydrogens (tertiary/aromatic N) is 1. The number of aliphatic hydroxyl groups is 1. The first-order valence-electron chi connectivity index (χ1n) is 10.7. The molecule has 0 aliphatic heterocycles. The van der Waals surface area contributed by atoms with Crippen LogP contribution in [0.1, 0.15) is 56.8 Å². The van der Waals surface area contributed by atoms with E-state index in [4.69, 9.17) is 9.57 Å². The molecule has 0 aliphatic carbocycles. The predicted octanol–water partition coefficient (Wildman–Crippen LogP) is 4.44. The SMILES string of the molecule is COC(C)(C)ONC(=O)CCCC[C@@H](O)c1ccc(-c2ccc(CN(C)C)cc2)cc1. The van der Waals surface area contributed by atoms with Gasteiger partial charge in [0.05, 0.1) is 6.10 Å². The third kappa shape index (κ3) is 8.79. The van der Waals surface area contributed by atoms with Gasteiger partial charge in [0.2, 0.25) is 5.91 Å². The van der Waals surface area contributed by atoms with Crippen LogP contribution in [0.15, 0.2) is 48.5 Å². The molecule has 1 atom stereocenters. The van der Waals surface area contributed by atoms with E-state index in [1.807, 2.05) is 24.3 Å². The number of nitrogens with one attached hydrogen (secondary N) is 1. The minimum Gasteiger partial charge on any atom is -0.388 e. The normalized spacial score (nSPS) is 12.7. The molecule has 0 saturated heterocycles. The molecule has 2 aromatic carbocycles. The van der Waals surface area contributed by atoms with Crippen LogP contribution in [0.2, 0.25) is 0 Å². The van der Waals surface area contributed by atoms with Gasteiger partial charge in [-0.15, -0.1) is 0 Å². The fourth-order valence-corrected chi connectivity index (χ4v) is 3.13. The molecule has 31 heavy (non-hydrogen) atoms. The summed E-state index contributed by atoms with van der Waals surface area (Å²) in [6.45, 7) is 4.36. The molecule has 0 bridgehead atoms. The van der Waals surface area contributed by atoms with E-state index in [0.29, 0.717) is 19.3 Å². The minimum atomic E-state index is -0.855. The predicted molar refractivity (Wildman–Crippen MR) is 123 cm³/mol. The fourth-order valence-electron chi connectivity index (χ4n) is 3.13. The Kier molecular flexibility index (Phi) is 9.65. The van der Waals surface area contributed by atoms with E-state index < -0.39 is 11.9 Å². The van der Waals surface area contributed by atoms with E-state index in [0.717, 1.165) is 29.7 Å². The summed E-state index contributed by atoms with van der Waals surface area (Å²) in [6.07, 6.45) is 1.84. The largest absolute Gasteiger partial charge is 0.388 e. The van der Waals surface area contributed by atoms with Gasteiger partial charge < -0.3 is 14.7 Å². The van der Waals surface area contributed by atoms with Crippen LogP contribution < -0.4 is 5.48 Å². The van der Waals surface area contributed by atoms with E-state index in [9.17, 15) is 9.90 Å². The van der Waals surface area contributed by atoms with Gasteiger partial charge in [0, 0.05) is 20.1 Å². The lowest BCUT2D eigenvalue weighted by atomic mass is 9.98. The van der Waals surface area contributed by atoms with Crippen molar-refractivity contribution in [3.8, 4) is 11.1 Å². The van der Waals surface area contributed by atoms with Crippen LogP contribution in [-0.4, -0.2) is 42.9 Å². The lowest BCUT2D eigenvalue weighted by molar-refractivity contribution is -0.231. The Bertz CT molecular complexity index is 801. The summed E-state index contributed by atoms with van der Waals surface area (Å²) in [5.41, 5.74) is 6.86. The highest BCUT2D eigenvalue weighted by atomic mass is 16.8. The van der Waals surface area contributed by atoms with Crippen molar-refractivity contribution in [1.29, 1.82) is 0 Å². The molecule has 0 radical (unpaired) electrons. The standard InChI is InChI=1S/C25H36N2O4/c1-25(2,30-5)31-26-24(29)9-7-6-8-23(28)22-16-14-21(15-17-22)20-12-10-19(11-13-20)18-27(3)4/h10-17,23,28H,6-9,18H2,1-5H3,(H,26,29)/t23-/m1/s1. The van der Waals surface area contributed by atoms with E-state index in [1.165, 1.54) is 12.7 Å². The molecule has 0 heterocycles. The lowest BCUT2D eigenvalue weighted by Gasteiger charge is -2.22. The second-order valence-corrected chi connectivity index (χ2v) is 8.55. The number of benzene rings is 2. The Hall–Kier alpha value is -2.25. The van der Waals surface area contributed by atoms with Crippen LogP contribution >= 0.6 is 0 Å². The van der Waals surface area contributed by atoms with Crippen molar-refractivity contribution in [2.24, 2.45) is 0 Å². The molecule has 170 valence electrons. The molecular formula is C25H36N2O4. The first-order chi connectivity index (χ1) is 14.7. The molecule has 1 amide bonds. The van der Waals surface area contributed by atoms with Gasteiger partial charge in [-0.1, -0.05) is 55.0 Å². The highest BCUT2D eigenvalue weighted by Gasteiger charge is 2.18.